The van der Waals surface area contributed by atoms with Gasteiger partial charge in [-0.2, -0.15) is 0 Å². The Labute approximate surface area is 148 Å². The number of phosphoric ester groups is 1. The molecule has 26 heavy (non-hydrogen) atoms. The summed E-state index contributed by atoms with van der Waals surface area (Å²) >= 11 is 0. The zero-order chi connectivity index (χ0) is 19.7. The minimum atomic E-state index is -4.52. The van der Waals surface area contributed by atoms with E-state index in [1.54, 1.807) is 0 Å². The molecule has 6 N–H and O–H groups in total. The number of nitrogens with one attached hydrogen (secondary N) is 1. The predicted molar refractivity (Wildman–Crippen MR) is 86.6 cm³/mol. The van der Waals surface area contributed by atoms with Crippen LogP contribution in [-0.2, 0) is 25.0 Å². The number of aliphatic carboxylic acids is 1. The molecule has 0 saturated carbocycles. The standard InChI is InChI=1S/C14H20NO10P/c16-11-4-3-9(8-12(11)17)7-10(13(18)19)15-14(20)24-5-1-2-6-25-26(21,22)23/h3-4,8,10,16-17H,1-2,5-7H2,(H,15,20)(H,18,19)(H2,21,22,23)/t10-/m0/s1. The van der Waals surface area contributed by atoms with Gasteiger partial charge >= 0.3 is 19.9 Å². The van der Waals surface area contributed by atoms with Gasteiger partial charge in [0, 0.05) is 6.42 Å². The van der Waals surface area contributed by atoms with E-state index in [0.29, 0.717) is 5.56 Å². The van der Waals surface area contributed by atoms with Gasteiger partial charge < -0.3 is 35.2 Å². The zero-order valence-electron chi connectivity index (χ0n) is 13.6. The largest absolute Gasteiger partial charge is 0.504 e. The normalized spacial score (nSPS) is 12.4. The number of aromatic hydroxyl groups is 2. The van der Waals surface area contributed by atoms with E-state index >= 15 is 0 Å². The second-order valence-electron chi connectivity index (χ2n) is 5.23. The molecule has 1 aromatic carbocycles. The number of hydrogen-bond donors (Lipinski definition) is 6. The minimum absolute atomic E-state index is 0.0946. The highest BCUT2D eigenvalue weighted by Gasteiger charge is 2.21. The molecule has 0 unspecified atom stereocenters. The molecule has 12 heteroatoms. The summed E-state index contributed by atoms with van der Waals surface area (Å²) in [6, 6.07) is 2.46. The lowest BCUT2D eigenvalue weighted by Gasteiger charge is -2.15. The van der Waals surface area contributed by atoms with Gasteiger partial charge in [-0.3, -0.25) is 4.52 Å². The number of carboxylic acids is 1. The number of amides is 1. The molecular formula is C14H20NO10P. The van der Waals surface area contributed by atoms with E-state index in [1.165, 1.54) is 18.2 Å². The van der Waals surface area contributed by atoms with Crippen molar-refractivity contribution in [2.75, 3.05) is 13.2 Å². The van der Waals surface area contributed by atoms with Crippen LogP contribution < -0.4 is 5.32 Å². The third-order valence-electron chi connectivity index (χ3n) is 3.10. The maximum absolute atomic E-state index is 11.6. The summed E-state index contributed by atoms with van der Waals surface area (Å²) in [4.78, 5) is 39.8. The zero-order valence-corrected chi connectivity index (χ0v) is 14.5. The predicted octanol–water partition coefficient (Wildman–Crippen LogP) is 0.709. The topological polar surface area (TPSA) is 183 Å². The van der Waals surface area contributed by atoms with E-state index < -0.39 is 31.7 Å². The quantitative estimate of drug-likeness (QED) is 0.188. The number of benzene rings is 1. The third kappa shape index (κ3) is 8.67. The van der Waals surface area contributed by atoms with E-state index in [1.807, 2.05) is 0 Å². The van der Waals surface area contributed by atoms with E-state index in [-0.39, 0.29) is 38.2 Å². The van der Waals surface area contributed by atoms with Crippen LogP contribution in [0.25, 0.3) is 0 Å². The average Bonchev–Trinajstić information content (AvgIpc) is 2.52. The first-order valence-corrected chi connectivity index (χ1v) is 8.98. The Morgan fingerprint density at radius 3 is 2.35 bits per heavy atom. The van der Waals surface area contributed by atoms with Gasteiger partial charge in [0.15, 0.2) is 11.5 Å². The van der Waals surface area contributed by atoms with Gasteiger partial charge in [-0.25, -0.2) is 14.2 Å². The number of rotatable bonds is 10. The lowest BCUT2D eigenvalue weighted by molar-refractivity contribution is -0.139. The molecule has 0 aliphatic heterocycles. The molecule has 1 aromatic rings. The number of carbonyl (C=O) groups excluding carboxylic acids is 1. The van der Waals surface area contributed by atoms with E-state index in [2.05, 4.69) is 9.84 Å². The van der Waals surface area contributed by atoms with E-state index in [4.69, 9.17) is 19.6 Å². The Morgan fingerprint density at radius 1 is 1.12 bits per heavy atom. The number of alkyl carbamates (subject to hydrolysis) is 1. The summed E-state index contributed by atoms with van der Waals surface area (Å²) in [7, 11) is -4.52. The molecule has 0 bridgehead atoms. The Balaban J connectivity index is 2.39. The fourth-order valence-corrected chi connectivity index (χ4v) is 2.24. The number of unbranched alkanes of at least 4 members (excludes halogenated alkanes) is 1. The summed E-state index contributed by atoms with van der Waals surface area (Å²) in [6.07, 6.45) is -0.629. The fraction of sp³-hybridized carbons (Fsp3) is 0.429. The van der Waals surface area contributed by atoms with Crippen molar-refractivity contribution < 1.29 is 48.5 Å². The minimum Gasteiger partial charge on any atom is -0.504 e. The van der Waals surface area contributed by atoms with Crippen molar-refractivity contribution in [3.63, 3.8) is 0 Å². The number of carboxylic acid groups (broad SMARTS) is 1. The highest BCUT2D eigenvalue weighted by atomic mass is 31.2. The van der Waals surface area contributed by atoms with Crippen molar-refractivity contribution >= 4 is 19.9 Å². The molecule has 0 spiro atoms. The summed E-state index contributed by atoms with van der Waals surface area (Å²) in [5, 5.41) is 29.9. The first-order chi connectivity index (χ1) is 12.1. The Bertz CT molecular complexity index is 674. The van der Waals surface area contributed by atoms with Gasteiger partial charge in [-0.15, -0.1) is 0 Å². The highest BCUT2D eigenvalue weighted by Crippen LogP contribution is 2.35. The van der Waals surface area contributed by atoms with Crippen LogP contribution in [0.1, 0.15) is 18.4 Å². The maximum Gasteiger partial charge on any atom is 0.469 e. The number of phenols is 2. The Morgan fingerprint density at radius 2 is 1.77 bits per heavy atom. The van der Waals surface area contributed by atoms with Crippen LogP contribution in [0.2, 0.25) is 0 Å². The first-order valence-electron chi connectivity index (χ1n) is 7.45. The molecule has 0 aromatic heterocycles. The number of ether oxygens (including phenoxy) is 1. The summed E-state index contributed by atoms with van der Waals surface area (Å²) in [6.45, 7) is -0.306. The van der Waals surface area contributed by atoms with Crippen LogP contribution in [0, 0.1) is 0 Å². The van der Waals surface area contributed by atoms with Gasteiger partial charge in [-0.1, -0.05) is 6.07 Å². The van der Waals surface area contributed by atoms with Crippen molar-refractivity contribution in [3.05, 3.63) is 23.8 Å². The molecule has 1 atom stereocenters. The van der Waals surface area contributed by atoms with Crippen molar-refractivity contribution in [1.82, 2.24) is 5.32 Å². The van der Waals surface area contributed by atoms with E-state index in [9.17, 15) is 24.4 Å². The van der Waals surface area contributed by atoms with Gasteiger partial charge in [-0.05, 0) is 30.5 Å². The van der Waals surface area contributed by atoms with Crippen LogP contribution in [0.5, 0.6) is 11.5 Å². The molecule has 0 heterocycles. The van der Waals surface area contributed by atoms with Crippen LogP contribution >= 0.6 is 7.82 Å². The van der Waals surface area contributed by atoms with Crippen molar-refractivity contribution in [3.8, 4) is 11.5 Å². The highest BCUT2D eigenvalue weighted by molar-refractivity contribution is 7.46. The van der Waals surface area contributed by atoms with Gasteiger partial charge in [0.05, 0.1) is 13.2 Å². The van der Waals surface area contributed by atoms with Crippen molar-refractivity contribution in [2.24, 2.45) is 0 Å². The molecule has 0 radical (unpaired) electrons. The third-order valence-corrected chi connectivity index (χ3v) is 3.62. The average molecular weight is 393 g/mol. The first kappa shape index (κ1) is 21.7. The second-order valence-corrected chi connectivity index (χ2v) is 6.47. The van der Waals surface area contributed by atoms with Crippen molar-refractivity contribution in [2.45, 2.75) is 25.3 Å². The molecule has 0 aliphatic rings. The van der Waals surface area contributed by atoms with E-state index in [0.717, 1.165) is 0 Å². The summed E-state index contributed by atoms with van der Waals surface area (Å²) < 4.78 is 19.4. The summed E-state index contributed by atoms with van der Waals surface area (Å²) in [5.74, 6) is -2.08. The van der Waals surface area contributed by atoms with Gasteiger partial charge in [0.2, 0.25) is 0 Å². The monoisotopic (exact) mass is 393 g/mol. The van der Waals surface area contributed by atoms with Crippen LogP contribution in [0.4, 0.5) is 4.79 Å². The maximum atomic E-state index is 11.6. The fourth-order valence-electron chi connectivity index (χ4n) is 1.87. The molecule has 1 amide bonds. The molecule has 0 saturated heterocycles. The number of phosphoric acid groups is 1. The van der Waals surface area contributed by atoms with Crippen LogP contribution in [0.3, 0.4) is 0 Å². The number of carbonyl (C=O) groups is 2. The second kappa shape index (κ2) is 9.97. The Hall–Kier alpha value is -2.33. The molecule has 11 nitrogen and oxygen atoms in total. The lowest BCUT2D eigenvalue weighted by Crippen LogP contribution is -2.42. The Kier molecular flexibility index (Phi) is 8.33. The number of phenolic OH excluding ortho intramolecular Hbond substituents is 2. The van der Waals surface area contributed by atoms with Gasteiger partial charge in [0.1, 0.15) is 6.04 Å². The molecule has 0 aliphatic carbocycles. The van der Waals surface area contributed by atoms with Gasteiger partial charge in [0.25, 0.3) is 0 Å². The summed E-state index contributed by atoms with van der Waals surface area (Å²) in [5.41, 5.74) is 0.377. The van der Waals surface area contributed by atoms with Crippen LogP contribution in [0.15, 0.2) is 18.2 Å². The molecule has 1 rings (SSSR count). The number of hydrogen-bond acceptors (Lipinski definition) is 7. The molecule has 146 valence electrons. The molecule has 0 fully saturated rings. The lowest BCUT2D eigenvalue weighted by atomic mass is 10.1. The SMILES string of the molecule is O=C(N[C@@H](Cc1ccc(O)c(O)c1)C(=O)O)OCCCCOP(=O)(O)O. The molecular weight excluding hydrogens is 373 g/mol. The van der Waals surface area contributed by atoms with Crippen molar-refractivity contribution in [1.29, 1.82) is 0 Å². The smallest absolute Gasteiger partial charge is 0.469 e. The van der Waals surface area contributed by atoms with Crippen LogP contribution in [-0.4, -0.2) is 56.4 Å².